The second kappa shape index (κ2) is 9.65. The number of nitrogens with zero attached hydrogens (tertiary/aromatic N) is 2. The SMILES string of the molecule is CC(CCc1ccccc1)NC(=O)CN1CCN(S(=O)(=O)c2cccs2)CC1. The minimum atomic E-state index is -3.40. The number of hydrogen-bond acceptors (Lipinski definition) is 5. The van der Waals surface area contributed by atoms with Crippen molar-refractivity contribution in [2.75, 3.05) is 32.7 Å². The number of thiophene rings is 1. The first kappa shape index (κ1) is 21.0. The average Bonchev–Trinajstić information content (AvgIpc) is 3.23. The average molecular weight is 422 g/mol. The molecule has 1 aromatic carbocycles. The molecule has 0 aliphatic carbocycles. The van der Waals surface area contributed by atoms with Crippen molar-refractivity contribution in [1.82, 2.24) is 14.5 Å². The third kappa shape index (κ3) is 5.64. The second-order valence-electron chi connectivity index (χ2n) is 7.11. The lowest BCUT2D eigenvalue weighted by molar-refractivity contribution is -0.123. The van der Waals surface area contributed by atoms with E-state index >= 15 is 0 Å². The molecule has 1 aliphatic heterocycles. The monoisotopic (exact) mass is 421 g/mol. The van der Waals surface area contributed by atoms with Crippen molar-refractivity contribution >= 4 is 27.3 Å². The summed E-state index contributed by atoms with van der Waals surface area (Å²) >= 11 is 1.24. The van der Waals surface area contributed by atoms with E-state index < -0.39 is 10.0 Å². The maximum absolute atomic E-state index is 12.6. The number of hydrogen-bond donors (Lipinski definition) is 1. The summed E-state index contributed by atoms with van der Waals surface area (Å²) in [6.45, 7) is 4.29. The number of rotatable bonds is 8. The number of carbonyl (C=O) groups is 1. The molecule has 8 heteroatoms. The molecule has 0 saturated carbocycles. The molecule has 0 radical (unpaired) electrons. The van der Waals surface area contributed by atoms with Gasteiger partial charge < -0.3 is 5.32 Å². The number of sulfonamides is 1. The number of benzene rings is 1. The van der Waals surface area contributed by atoms with Crippen molar-refractivity contribution in [2.24, 2.45) is 0 Å². The lowest BCUT2D eigenvalue weighted by atomic mass is 10.1. The summed E-state index contributed by atoms with van der Waals surface area (Å²) in [6.07, 6.45) is 1.82. The highest BCUT2D eigenvalue weighted by Crippen LogP contribution is 2.21. The smallest absolute Gasteiger partial charge is 0.252 e. The van der Waals surface area contributed by atoms with Crippen LogP contribution in [0.5, 0.6) is 0 Å². The Kier molecular flexibility index (Phi) is 7.23. The topological polar surface area (TPSA) is 69.7 Å². The van der Waals surface area contributed by atoms with Crippen LogP contribution in [0.15, 0.2) is 52.1 Å². The van der Waals surface area contributed by atoms with Crippen LogP contribution in [-0.2, 0) is 21.2 Å². The molecule has 6 nitrogen and oxygen atoms in total. The normalized spacial score (nSPS) is 17.3. The standard InChI is InChI=1S/C20H27N3O3S2/c1-17(9-10-18-6-3-2-4-7-18)21-19(24)16-22-11-13-23(14-12-22)28(25,26)20-8-5-15-27-20/h2-8,15,17H,9-14,16H2,1H3,(H,21,24). The van der Waals surface area contributed by atoms with Crippen LogP contribution in [-0.4, -0.2) is 62.3 Å². The first-order chi connectivity index (χ1) is 13.4. The van der Waals surface area contributed by atoms with E-state index in [0.717, 1.165) is 12.8 Å². The molecule has 1 saturated heterocycles. The van der Waals surface area contributed by atoms with Crippen LogP contribution in [0.2, 0.25) is 0 Å². The zero-order valence-electron chi connectivity index (χ0n) is 16.1. The Hall–Kier alpha value is -1.74. The van der Waals surface area contributed by atoms with E-state index in [1.165, 1.54) is 21.2 Å². The third-order valence-corrected chi connectivity index (χ3v) is 8.18. The zero-order chi connectivity index (χ0) is 20.0. The molecule has 28 heavy (non-hydrogen) atoms. The maximum Gasteiger partial charge on any atom is 0.252 e. The number of carbonyl (C=O) groups excluding carboxylic acids is 1. The van der Waals surface area contributed by atoms with Crippen molar-refractivity contribution in [3.05, 3.63) is 53.4 Å². The van der Waals surface area contributed by atoms with Crippen molar-refractivity contribution in [1.29, 1.82) is 0 Å². The molecule has 2 heterocycles. The molecule has 1 amide bonds. The Morgan fingerprint density at radius 1 is 1.11 bits per heavy atom. The first-order valence-electron chi connectivity index (χ1n) is 9.54. The van der Waals surface area contributed by atoms with Gasteiger partial charge in [-0.1, -0.05) is 36.4 Å². The highest BCUT2D eigenvalue weighted by atomic mass is 32.2. The Morgan fingerprint density at radius 3 is 2.46 bits per heavy atom. The Morgan fingerprint density at radius 2 is 1.82 bits per heavy atom. The molecule has 152 valence electrons. The van der Waals surface area contributed by atoms with Crippen molar-refractivity contribution in [3.63, 3.8) is 0 Å². The van der Waals surface area contributed by atoms with Crippen LogP contribution >= 0.6 is 11.3 Å². The van der Waals surface area contributed by atoms with Crippen LogP contribution < -0.4 is 5.32 Å². The second-order valence-corrected chi connectivity index (χ2v) is 10.2. The van der Waals surface area contributed by atoms with Gasteiger partial charge in [0.15, 0.2) is 0 Å². The quantitative estimate of drug-likeness (QED) is 0.709. The van der Waals surface area contributed by atoms with E-state index in [4.69, 9.17) is 0 Å². The maximum atomic E-state index is 12.6. The molecule has 0 spiro atoms. The first-order valence-corrected chi connectivity index (χ1v) is 11.9. The summed E-state index contributed by atoms with van der Waals surface area (Å²) in [5.74, 6) is -0.00451. The highest BCUT2D eigenvalue weighted by molar-refractivity contribution is 7.91. The Bertz CT molecular complexity index is 846. The largest absolute Gasteiger partial charge is 0.353 e. The fraction of sp³-hybridized carbons (Fsp3) is 0.450. The molecule has 0 bridgehead atoms. The Balaban J connectivity index is 1.40. The molecule has 3 rings (SSSR count). The van der Waals surface area contributed by atoms with Gasteiger partial charge in [-0.3, -0.25) is 9.69 Å². The summed E-state index contributed by atoms with van der Waals surface area (Å²) in [7, 11) is -3.40. The van der Waals surface area contributed by atoms with E-state index in [9.17, 15) is 13.2 Å². The predicted molar refractivity (Wildman–Crippen MR) is 112 cm³/mol. The van der Waals surface area contributed by atoms with Gasteiger partial charge in [0.2, 0.25) is 5.91 Å². The number of piperazine rings is 1. The summed E-state index contributed by atoms with van der Waals surface area (Å²) in [4.78, 5) is 14.3. The molecular formula is C20H27N3O3S2. The molecule has 1 atom stereocenters. The molecule has 1 unspecified atom stereocenters. The molecular weight excluding hydrogens is 394 g/mol. The van der Waals surface area contributed by atoms with Gasteiger partial charge in [0.05, 0.1) is 6.54 Å². The van der Waals surface area contributed by atoms with Gasteiger partial charge in [-0.15, -0.1) is 11.3 Å². The molecule has 1 N–H and O–H groups in total. The van der Waals surface area contributed by atoms with E-state index in [1.54, 1.807) is 17.5 Å². The van der Waals surface area contributed by atoms with Gasteiger partial charge in [0.25, 0.3) is 10.0 Å². The van der Waals surface area contributed by atoms with Crippen LogP contribution in [0.4, 0.5) is 0 Å². The fourth-order valence-electron chi connectivity index (χ4n) is 3.29. The molecule has 1 aliphatic rings. The minimum absolute atomic E-state index is 0.00451. The van der Waals surface area contributed by atoms with Gasteiger partial charge in [-0.2, -0.15) is 4.31 Å². The summed E-state index contributed by atoms with van der Waals surface area (Å²) < 4.78 is 27.0. The fourth-order valence-corrected chi connectivity index (χ4v) is 5.86. The summed E-state index contributed by atoms with van der Waals surface area (Å²) in [6, 6.07) is 13.7. The predicted octanol–water partition coefficient (Wildman–Crippen LogP) is 2.19. The zero-order valence-corrected chi connectivity index (χ0v) is 17.7. The van der Waals surface area contributed by atoms with E-state index in [0.29, 0.717) is 36.9 Å². The lowest BCUT2D eigenvalue weighted by Gasteiger charge is -2.33. The molecule has 2 aromatic rings. The van der Waals surface area contributed by atoms with Gasteiger partial charge in [0, 0.05) is 32.2 Å². The van der Waals surface area contributed by atoms with Crippen molar-refractivity contribution in [2.45, 2.75) is 30.0 Å². The van der Waals surface area contributed by atoms with E-state index in [-0.39, 0.29) is 11.9 Å². The van der Waals surface area contributed by atoms with Crippen molar-refractivity contribution < 1.29 is 13.2 Å². The van der Waals surface area contributed by atoms with Gasteiger partial charge in [-0.25, -0.2) is 8.42 Å². The van der Waals surface area contributed by atoms with E-state index in [1.807, 2.05) is 30.0 Å². The van der Waals surface area contributed by atoms with Crippen LogP contribution in [0, 0.1) is 0 Å². The van der Waals surface area contributed by atoms with Gasteiger partial charge in [0.1, 0.15) is 4.21 Å². The Labute approximate surface area is 171 Å². The minimum Gasteiger partial charge on any atom is -0.353 e. The highest BCUT2D eigenvalue weighted by Gasteiger charge is 2.29. The number of nitrogens with one attached hydrogen (secondary N) is 1. The van der Waals surface area contributed by atoms with Crippen molar-refractivity contribution in [3.8, 4) is 0 Å². The number of aryl methyl sites for hydroxylation is 1. The van der Waals surface area contributed by atoms with Crippen LogP contribution in [0.3, 0.4) is 0 Å². The summed E-state index contributed by atoms with van der Waals surface area (Å²) in [5.41, 5.74) is 1.27. The third-order valence-electron chi connectivity index (χ3n) is 4.90. The summed E-state index contributed by atoms with van der Waals surface area (Å²) in [5, 5.41) is 4.82. The lowest BCUT2D eigenvalue weighted by Crippen LogP contribution is -2.51. The molecule has 1 fully saturated rings. The van der Waals surface area contributed by atoms with Crippen LogP contribution in [0.25, 0.3) is 0 Å². The number of amides is 1. The van der Waals surface area contributed by atoms with Gasteiger partial charge in [-0.05, 0) is 36.8 Å². The van der Waals surface area contributed by atoms with Crippen LogP contribution in [0.1, 0.15) is 18.9 Å². The van der Waals surface area contributed by atoms with E-state index in [2.05, 4.69) is 17.4 Å². The molecule has 1 aromatic heterocycles. The van der Waals surface area contributed by atoms with Gasteiger partial charge >= 0.3 is 0 Å².